The van der Waals surface area contributed by atoms with E-state index >= 15 is 0 Å². The van der Waals surface area contributed by atoms with Gasteiger partial charge in [-0.3, -0.25) is 4.79 Å². The van der Waals surface area contributed by atoms with Crippen LogP contribution in [0.4, 0.5) is 0 Å². The first-order chi connectivity index (χ1) is 10.5. The summed E-state index contributed by atoms with van der Waals surface area (Å²) in [5.41, 5.74) is 1.68. The quantitative estimate of drug-likeness (QED) is 0.753. The van der Waals surface area contributed by atoms with Crippen LogP contribution in [0, 0.1) is 0 Å². The van der Waals surface area contributed by atoms with Crippen molar-refractivity contribution in [3.05, 3.63) is 63.6 Å². The molecule has 0 saturated heterocycles. The standard InChI is InChI=1S/C16H15Cl2NO3/c17-13-6-3-11(7-14(13)18)9-19-15(16(21)22)8-10-1-4-12(20)5-2-10/h1-7,15,19-20H,8-9H2,(H,21,22)/t15-/m0/s1. The molecule has 0 aliphatic carbocycles. The highest BCUT2D eigenvalue weighted by atomic mass is 35.5. The number of rotatable bonds is 6. The lowest BCUT2D eigenvalue weighted by Gasteiger charge is -2.15. The molecule has 0 amide bonds. The second kappa shape index (κ2) is 7.49. The molecule has 2 aromatic carbocycles. The first kappa shape index (κ1) is 16.6. The molecule has 4 nitrogen and oxygen atoms in total. The van der Waals surface area contributed by atoms with Crippen molar-refractivity contribution in [2.24, 2.45) is 0 Å². The van der Waals surface area contributed by atoms with Gasteiger partial charge in [-0.05, 0) is 41.8 Å². The van der Waals surface area contributed by atoms with E-state index in [1.54, 1.807) is 30.3 Å². The molecule has 22 heavy (non-hydrogen) atoms. The Morgan fingerprint density at radius 2 is 1.68 bits per heavy atom. The Hall–Kier alpha value is -1.75. The second-order valence-electron chi connectivity index (χ2n) is 4.89. The molecular weight excluding hydrogens is 325 g/mol. The molecule has 0 aromatic heterocycles. The minimum Gasteiger partial charge on any atom is -0.508 e. The van der Waals surface area contributed by atoms with Gasteiger partial charge in [0.25, 0.3) is 0 Å². The Labute approximate surface area is 138 Å². The van der Waals surface area contributed by atoms with E-state index in [2.05, 4.69) is 5.32 Å². The Bertz CT molecular complexity index is 659. The summed E-state index contributed by atoms with van der Waals surface area (Å²) >= 11 is 11.8. The normalized spacial score (nSPS) is 12.1. The fourth-order valence-corrected chi connectivity index (χ4v) is 2.33. The molecule has 0 aliphatic heterocycles. The van der Waals surface area contributed by atoms with Gasteiger partial charge in [-0.1, -0.05) is 41.4 Å². The monoisotopic (exact) mass is 339 g/mol. The van der Waals surface area contributed by atoms with E-state index < -0.39 is 12.0 Å². The predicted molar refractivity (Wildman–Crippen MR) is 86.5 cm³/mol. The van der Waals surface area contributed by atoms with Crippen molar-refractivity contribution in [2.45, 2.75) is 19.0 Å². The zero-order valence-electron chi connectivity index (χ0n) is 11.6. The number of aliphatic carboxylic acids is 1. The van der Waals surface area contributed by atoms with Crippen LogP contribution in [0.25, 0.3) is 0 Å². The highest BCUT2D eigenvalue weighted by Gasteiger charge is 2.17. The van der Waals surface area contributed by atoms with E-state index in [9.17, 15) is 15.0 Å². The molecule has 2 rings (SSSR count). The third-order valence-corrected chi connectivity index (χ3v) is 3.95. The van der Waals surface area contributed by atoms with Crippen molar-refractivity contribution in [1.29, 1.82) is 0 Å². The fraction of sp³-hybridized carbons (Fsp3) is 0.188. The number of halogens is 2. The molecular formula is C16H15Cl2NO3. The average molecular weight is 340 g/mol. The summed E-state index contributed by atoms with van der Waals surface area (Å²) in [6.07, 6.45) is 0.316. The molecule has 2 aromatic rings. The molecule has 0 bridgehead atoms. The van der Waals surface area contributed by atoms with Crippen LogP contribution in [0.1, 0.15) is 11.1 Å². The second-order valence-corrected chi connectivity index (χ2v) is 5.71. The smallest absolute Gasteiger partial charge is 0.321 e. The van der Waals surface area contributed by atoms with Gasteiger partial charge in [0.05, 0.1) is 10.0 Å². The van der Waals surface area contributed by atoms with E-state index in [1.807, 2.05) is 0 Å². The van der Waals surface area contributed by atoms with Gasteiger partial charge in [-0.2, -0.15) is 0 Å². The van der Waals surface area contributed by atoms with Crippen molar-refractivity contribution >= 4 is 29.2 Å². The number of nitrogens with one attached hydrogen (secondary N) is 1. The summed E-state index contributed by atoms with van der Waals surface area (Å²) < 4.78 is 0. The number of carboxylic acids is 1. The minimum atomic E-state index is -0.937. The van der Waals surface area contributed by atoms with Crippen LogP contribution in [0.3, 0.4) is 0 Å². The van der Waals surface area contributed by atoms with Crippen LogP contribution in [0.15, 0.2) is 42.5 Å². The van der Waals surface area contributed by atoms with Gasteiger partial charge in [0.2, 0.25) is 0 Å². The molecule has 0 aliphatic rings. The molecule has 116 valence electrons. The third kappa shape index (κ3) is 4.63. The van der Waals surface area contributed by atoms with E-state index in [-0.39, 0.29) is 5.75 Å². The summed E-state index contributed by atoms with van der Waals surface area (Å²) in [4.78, 5) is 11.4. The molecule has 0 radical (unpaired) electrons. The van der Waals surface area contributed by atoms with E-state index in [0.717, 1.165) is 11.1 Å². The molecule has 0 spiro atoms. The van der Waals surface area contributed by atoms with Crippen LogP contribution in [-0.2, 0) is 17.8 Å². The SMILES string of the molecule is O=C(O)[C@H](Cc1ccc(O)cc1)NCc1ccc(Cl)c(Cl)c1. The van der Waals surface area contributed by atoms with Crippen molar-refractivity contribution in [3.8, 4) is 5.75 Å². The van der Waals surface area contributed by atoms with Gasteiger partial charge in [0.1, 0.15) is 11.8 Å². The number of carboxylic acid groups (broad SMARTS) is 1. The number of hydrogen-bond donors (Lipinski definition) is 3. The van der Waals surface area contributed by atoms with E-state index in [4.69, 9.17) is 23.2 Å². The van der Waals surface area contributed by atoms with E-state index in [0.29, 0.717) is 23.0 Å². The number of phenols is 1. The Morgan fingerprint density at radius 1 is 1.05 bits per heavy atom. The van der Waals surface area contributed by atoms with E-state index in [1.165, 1.54) is 12.1 Å². The van der Waals surface area contributed by atoms with Gasteiger partial charge >= 0.3 is 5.97 Å². The lowest BCUT2D eigenvalue weighted by atomic mass is 10.1. The predicted octanol–water partition coefficient (Wildman–Crippen LogP) is 3.48. The van der Waals surface area contributed by atoms with Crippen LogP contribution in [-0.4, -0.2) is 22.2 Å². The highest BCUT2D eigenvalue weighted by molar-refractivity contribution is 6.42. The molecule has 0 fully saturated rings. The molecule has 3 N–H and O–H groups in total. The molecule has 0 saturated carbocycles. The van der Waals surface area contributed by atoms with Crippen LogP contribution in [0.2, 0.25) is 10.0 Å². The van der Waals surface area contributed by atoms with Gasteiger partial charge in [0.15, 0.2) is 0 Å². The fourth-order valence-electron chi connectivity index (χ4n) is 2.01. The number of phenolic OH excluding ortho intramolecular Hbond substituents is 1. The Morgan fingerprint density at radius 3 is 2.27 bits per heavy atom. The summed E-state index contributed by atoms with van der Waals surface area (Å²) in [6, 6.07) is 10.9. The van der Waals surface area contributed by atoms with Gasteiger partial charge in [0, 0.05) is 6.54 Å². The maximum absolute atomic E-state index is 11.4. The van der Waals surface area contributed by atoms with Gasteiger partial charge in [-0.15, -0.1) is 0 Å². The number of hydrogen-bond acceptors (Lipinski definition) is 3. The Balaban J connectivity index is 2.01. The van der Waals surface area contributed by atoms with Crippen LogP contribution < -0.4 is 5.32 Å². The van der Waals surface area contributed by atoms with Crippen molar-refractivity contribution < 1.29 is 15.0 Å². The number of carbonyl (C=O) groups is 1. The summed E-state index contributed by atoms with van der Waals surface area (Å²) in [5.74, 6) is -0.785. The van der Waals surface area contributed by atoms with Crippen molar-refractivity contribution in [1.82, 2.24) is 5.32 Å². The molecule has 0 unspecified atom stereocenters. The first-order valence-electron chi connectivity index (χ1n) is 6.63. The molecule has 0 heterocycles. The molecule has 6 heteroatoms. The third-order valence-electron chi connectivity index (χ3n) is 3.21. The minimum absolute atomic E-state index is 0.152. The topological polar surface area (TPSA) is 69.6 Å². The maximum Gasteiger partial charge on any atom is 0.321 e. The first-order valence-corrected chi connectivity index (χ1v) is 7.39. The van der Waals surface area contributed by atoms with Crippen LogP contribution >= 0.6 is 23.2 Å². The molecule has 1 atom stereocenters. The highest BCUT2D eigenvalue weighted by Crippen LogP contribution is 2.22. The zero-order chi connectivity index (χ0) is 16.1. The van der Waals surface area contributed by atoms with Gasteiger partial charge < -0.3 is 15.5 Å². The number of aromatic hydroxyl groups is 1. The zero-order valence-corrected chi connectivity index (χ0v) is 13.1. The van der Waals surface area contributed by atoms with Crippen molar-refractivity contribution in [2.75, 3.05) is 0 Å². The summed E-state index contributed by atoms with van der Waals surface area (Å²) in [7, 11) is 0. The lowest BCUT2D eigenvalue weighted by molar-refractivity contribution is -0.139. The summed E-state index contributed by atoms with van der Waals surface area (Å²) in [6.45, 7) is 0.367. The van der Waals surface area contributed by atoms with Crippen molar-refractivity contribution in [3.63, 3.8) is 0 Å². The van der Waals surface area contributed by atoms with Gasteiger partial charge in [-0.25, -0.2) is 0 Å². The average Bonchev–Trinajstić information content (AvgIpc) is 2.48. The Kier molecular flexibility index (Phi) is 5.66. The van der Waals surface area contributed by atoms with Crippen LogP contribution in [0.5, 0.6) is 5.75 Å². The lowest BCUT2D eigenvalue weighted by Crippen LogP contribution is -2.38. The summed E-state index contributed by atoms with van der Waals surface area (Å²) in [5, 5.41) is 22.4. The number of benzene rings is 2. The largest absolute Gasteiger partial charge is 0.508 e. The maximum atomic E-state index is 11.4.